The average Bonchev–Trinajstić information content (AvgIpc) is 3.64. The van der Waals surface area contributed by atoms with Crippen molar-refractivity contribution in [3.63, 3.8) is 0 Å². The number of hydrogen-bond acceptors (Lipinski definition) is 6. The molecule has 4 aromatic rings. The second-order valence-corrected chi connectivity index (χ2v) is 9.96. The van der Waals surface area contributed by atoms with Gasteiger partial charge in [0, 0.05) is 54.9 Å². The van der Waals surface area contributed by atoms with Crippen LogP contribution in [0, 0.1) is 0 Å². The summed E-state index contributed by atoms with van der Waals surface area (Å²) in [6, 6.07) is 22.7. The summed E-state index contributed by atoms with van der Waals surface area (Å²) in [7, 11) is 0. The summed E-state index contributed by atoms with van der Waals surface area (Å²) in [5.41, 5.74) is 3.42. The van der Waals surface area contributed by atoms with Crippen molar-refractivity contribution in [3.8, 4) is 17.0 Å². The zero-order chi connectivity index (χ0) is 24.2. The summed E-state index contributed by atoms with van der Waals surface area (Å²) in [5, 5.41) is 12.0. The van der Waals surface area contributed by atoms with E-state index < -0.39 is 0 Å². The average molecular weight is 483 g/mol. The van der Waals surface area contributed by atoms with Gasteiger partial charge in [-0.25, -0.2) is 9.67 Å². The number of nitrogens with one attached hydrogen (secondary N) is 2. The highest BCUT2D eigenvalue weighted by Gasteiger charge is 2.30. The van der Waals surface area contributed by atoms with Crippen LogP contribution in [0.2, 0.25) is 0 Å². The summed E-state index contributed by atoms with van der Waals surface area (Å²) in [4.78, 5) is 7.04. The zero-order valence-electron chi connectivity index (χ0n) is 20.6. The van der Waals surface area contributed by atoms with Crippen molar-refractivity contribution < 1.29 is 4.42 Å². The van der Waals surface area contributed by atoms with E-state index in [-0.39, 0.29) is 0 Å². The molecule has 7 nitrogen and oxygen atoms in total. The Balaban J connectivity index is 1.08. The molecule has 7 heteroatoms. The van der Waals surface area contributed by atoms with Crippen LogP contribution in [0.4, 0.5) is 11.7 Å². The number of oxazole rings is 1. The summed E-state index contributed by atoms with van der Waals surface area (Å²) >= 11 is 0. The van der Waals surface area contributed by atoms with Crippen LogP contribution in [-0.2, 0) is 0 Å². The van der Waals surface area contributed by atoms with E-state index in [0.717, 1.165) is 36.5 Å². The van der Waals surface area contributed by atoms with E-state index in [1.807, 2.05) is 47.5 Å². The maximum Gasteiger partial charge on any atom is 0.295 e. The van der Waals surface area contributed by atoms with Crippen LogP contribution >= 0.6 is 0 Å². The largest absolute Gasteiger partial charge is 0.424 e. The highest BCUT2D eigenvalue weighted by Crippen LogP contribution is 2.27. The van der Waals surface area contributed by atoms with E-state index in [4.69, 9.17) is 4.42 Å². The van der Waals surface area contributed by atoms with Gasteiger partial charge in [-0.3, -0.25) is 0 Å². The molecule has 36 heavy (non-hydrogen) atoms. The minimum Gasteiger partial charge on any atom is -0.424 e. The molecule has 6 rings (SSSR count). The van der Waals surface area contributed by atoms with Crippen LogP contribution in [0.5, 0.6) is 0 Å². The maximum atomic E-state index is 6.06. The molecule has 2 aromatic heterocycles. The van der Waals surface area contributed by atoms with Crippen molar-refractivity contribution in [2.45, 2.75) is 56.7 Å². The molecule has 2 fully saturated rings. The lowest BCUT2D eigenvalue weighted by atomic mass is 9.89. The van der Waals surface area contributed by atoms with Crippen molar-refractivity contribution in [1.82, 2.24) is 20.1 Å². The smallest absolute Gasteiger partial charge is 0.295 e. The lowest BCUT2D eigenvalue weighted by Gasteiger charge is -2.40. The van der Waals surface area contributed by atoms with Gasteiger partial charge < -0.3 is 20.0 Å². The molecule has 0 spiro atoms. The number of hydrogen-bond donors (Lipinski definition) is 2. The molecule has 186 valence electrons. The first kappa shape index (κ1) is 22.9. The Kier molecular flexibility index (Phi) is 6.72. The van der Waals surface area contributed by atoms with Crippen LogP contribution in [0.1, 0.15) is 38.5 Å². The van der Waals surface area contributed by atoms with Gasteiger partial charge in [-0.2, -0.15) is 5.10 Å². The van der Waals surface area contributed by atoms with Crippen molar-refractivity contribution in [1.29, 1.82) is 0 Å². The van der Waals surface area contributed by atoms with Crippen molar-refractivity contribution in [2.24, 2.45) is 0 Å². The Labute approximate surface area is 212 Å². The quantitative estimate of drug-likeness (QED) is 0.362. The molecule has 0 radical (unpaired) electrons. The molecule has 1 saturated heterocycles. The van der Waals surface area contributed by atoms with Crippen LogP contribution in [0.3, 0.4) is 0 Å². The van der Waals surface area contributed by atoms with Gasteiger partial charge in [0.1, 0.15) is 0 Å². The highest BCUT2D eigenvalue weighted by molar-refractivity contribution is 5.57. The zero-order valence-corrected chi connectivity index (χ0v) is 20.6. The second kappa shape index (κ2) is 10.6. The number of nitrogens with zero attached hydrogens (tertiary/aromatic N) is 4. The molecular weight excluding hydrogens is 448 g/mol. The van der Waals surface area contributed by atoms with Crippen molar-refractivity contribution >= 4 is 11.7 Å². The molecule has 1 aliphatic heterocycles. The molecule has 2 aliphatic rings. The van der Waals surface area contributed by atoms with Crippen LogP contribution in [0.15, 0.2) is 83.7 Å². The molecule has 1 saturated carbocycles. The van der Waals surface area contributed by atoms with E-state index >= 15 is 0 Å². The third-order valence-corrected chi connectivity index (χ3v) is 7.49. The molecule has 2 N–H and O–H groups in total. The molecule has 2 unspecified atom stereocenters. The fraction of sp³-hybridized carbons (Fsp3) is 0.379. The fourth-order valence-corrected chi connectivity index (χ4v) is 5.63. The minimum absolute atomic E-state index is 0.324. The molecule has 0 amide bonds. The molecule has 3 atom stereocenters. The van der Waals surface area contributed by atoms with Gasteiger partial charge in [-0.1, -0.05) is 43.2 Å². The highest BCUT2D eigenvalue weighted by atomic mass is 16.4. The third kappa shape index (κ3) is 5.16. The van der Waals surface area contributed by atoms with E-state index in [1.54, 1.807) is 0 Å². The molecule has 1 aliphatic carbocycles. The van der Waals surface area contributed by atoms with E-state index in [2.05, 4.69) is 62.0 Å². The summed E-state index contributed by atoms with van der Waals surface area (Å²) in [6.45, 7) is 2.13. The van der Waals surface area contributed by atoms with Gasteiger partial charge >= 0.3 is 0 Å². The fourth-order valence-electron chi connectivity index (χ4n) is 5.63. The monoisotopic (exact) mass is 482 g/mol. The SMILES string of the molecule is c1ccc(-c2cnc(NC3CCCCC3N[C@H]3CCCN(c4ccc(-n5cccn5)cc4)C3)o2)cc1. The molecular formula is C29H34N6O. The van der Waals surface area contributed by atoms with Gasteiger partial charge in [0.15, 0.2) is 5.76 Å². The van der Waals surface area contributed by atoms with Crippen LogP contribution in [0.25, 0.3) is 17.0 Å². The summed E-state index contributed by atoms with van der Waals surface area (Å²) in [6.07, 6.45) is 12.8. The Hall–Kier alpha value is -3.58. The van der Waals surface area contributed by atoms with Gasteiger partial charge in [0.05, 0.1) is 11.9 Å². The van der Waals surface area contributed by atoms with E-state index in [1.165, 1.54) is 37.8 Å². The standard InChI is InChI=1S/C29H34N6O/c1-2-8-22(9-3-1)28-20-30-29(36-28)33-27-12-5-4-11-26(27)32-23-10-6-18-34(21-23)24-13-15-25(16-14-24)35-19-7-17-31-35/h1-3,7-9,13-17,19-20,23,26-27,32H,4-6,10-12,18,21H2,(H,30,33)/t23-,26?,27?/m0/s1. The van der Waals surface area contributed by atoms with Gasteiger partial charge in [0.25, 0.3) is 6.01 Å². The van der Waals surface area contributed by atoms with E-state index in [0.29, 0.717) is 24.1 Å². The predicted octanol–water partition coefficient (Wildman–Crippen LogP) is 5.51. The van der Waals surface area contributed by atoms with Crippen LogP contribution in [-0.4, -0.2) is 46.0 Å². The number of anilines is 2. The third-order valence-electron chi connectivity index (χ3n) is 7.49. The number of benzene rings is 2. The lowest BCUT2D eigenvalue weighted by molar-refractivity contribution is 0.290. The molecule has 2 aromatic carbocycles. The molecule has 0 bridgehead atoms. The van der Waals surface area contributed by atoms with Crippen molar-refractivity contribution in [3.05, 3.63) is 79.3 Å². The number of rotatable bonds is 7. The predicted molar refractivity (Wildman–Crippen MR) is 144 cm³/mol. The summed E-state index contributed by atoms with van der Waals surface area (Å²) in [5.74, 6) is 0.805. The van der Waals surface area contributed by atoms with Crippen LogP contribution < -0.4 is 15.5 Å². The maximum absolute atomic E-state index is 6.06. The normalized spacial score (nSPS) is 22.4. The first-order chi connectivity index (χ1) is 17.8. The topological polar surface area (TPSA) is 71.2 Å². The first-order valence-corrected chi connectivity index (χ1v) is 13.2. The minimum atomic E-state index is 0.324. The number of piperidine rings is 1. The van der Waals surface area contributed by atoms with Gasteiger partial charge in [0.2, 0.25) is 0 Å². The number of aromatic nitrogens is 3. The second-order valence-electron chi connectivity index (χ2n) is 9.96. The van der Waals surface area contributed by atoms with E-state index in [9.17, 15) is 0 Å². The van der Waals surface area contributed by atoms with Gasteiger partial charge in [-0.05, 0) is 56.0 Å². The van der Waals surface area contributed by atoms with Crippen molar-refractivity contribution in [2.75, 3.05) is 23.3 Å². The lowest BCUT2D eigenvalue weighted by Crippen LogP contribution is -2.54. The first-order valence-electron chi connectivity index (χ1n) is 13.2. The van der Waals surface area contributed by atoms with Gasteiger partial charge in [-0.15, -0.1) is 0 Å². The molecule has 3 heterocycles. The Morgan fingerprint density at radius 1 is 0.833 bits per heavy atom. The Morgan fingerprint density at radius 3 is 2.44 bits per heavy atom. The Morgan fingerprint density at radius 2 is 1.64 bits per heavy atom. The Bertz CT molecular complexity index is 1220. The summed E-state index contributed by atoms with van der Waals surface area (Å²) < 4.78 is 7.96.